The first-order valence-electron chi connectivity index (χ1n) is 21.2. The van der Waals surface area contributed by atoms with Crippen molar-refractivity contribution in [2.75, 3.05) is 20.8 Å². The summed E-state index contributed by atoms with van der Waals surface area (Å²) < 4.78 is 9.61. The van der Waals surface area contributed by atoms with Crippen molar-refractivity contribution in [3.8, 4) is 33.5 Å². The highest BCUT2D eigenvalue weighted by Crippen LogP contribution is 2.46. The Labute approximate surface area is 351 Å². The summed E-state index contributed by atoms with van der Waals surface area (Å²) in [5.74, 6) is 0.741. The van der Waals surface area contributed by atoms with Gasteiger partial charge in [0.2, 0.25) is 11.8 Å². The molecule has 4 amide bonds. The lowest BCUT2D eigenvalue weighted by Crippen LogP contribution is -2.57. The lowest BCUT2D eigenvalue weighted by Gasteiger charge is -2.38. The molecule has 8 rings (SSSR count). The largest absolute Gasteiger partial charge is 0.453 e. The van der Waals surface area contributed by atoms with Gasteiger partial charge < -0.3 is 34.9 Å². The molecule has 13 nitrogen and oxygen atoms in total. The number of likely N-dealkylation sites (tertiary alicyclic amines) is 2. The summed E-state index contributed by atoms with van der Waals surface area (Å²) in [4.78, 5) is 68.8. The van der Waals surface area contributed by atoms with Crippen LogP contribution in [0.15, 0.2) is 77.9 Å². The van der Waals surface area contributed by atoms with Crippen LogP contribution in [0.25, 0.3) is 33.5 Å². The Balaban J connectivity index is 0.921. The van der Waals surface area contributed by atoms with Crippen LogP contribution in [0.4, 0.5) is 15.3 Å². The van der Waals surface area contributed by atoms with Crippen molar-refractivity contribution < 1.29 is 28.7 Å². The van der Waals surface area contributed by atoms with Crippen molar-refractivity contribution in [2.45, 2.75) is 96.4 Å². The van der Waals surface area contributed by atoms with Gasteiger partial charge in [-0.2, -0.15) is 0 Å². The minimum Gasteiger partial charge on any atom is -0.453 e. The van der Waals surface area contributed by atoms with Crippen LogP contribution in [-0.4, -0.2) is 94.4 Å². The number of alkyl carbamates (subject to hydrolysis) is 2. The number of aromatic nitrogens is 2. The minimum absolute atomic E-state index is 0.0500. The summed E-state index contributed by atoms with van der Waals surface area (Å²) in [6.07, 6.45) is 5.98. The standard InChI is InChI=1S/C47H55N7O6/c1-26(2)40(51-46(57)59-5)44(55)53-21-7-8-39(53)43-48-25-38(50-43)31-15-13-29(14-16-31)28-9-11-30(12-10-28)32-18-20-36-34(22-32)24-37(49-36)42-33-17-19-35(23-33)54(42)45(56)41(27(3)4)52-47(58)60-6/h9-16,18,20,22,25-27,33,35,39-42H,7-8,17,19,21,23-24H2,1-6H3,(H,48,50)(H,51,57)(H,52,58)/t33-,35+,39-,40-,41-,42-/m0/s1. The van der Waals surface area contributed by atoms with Crippen LogP contribution >= 0.6 is 0 Å². The fourth-order valence-electron chi connectivity index (χ4n) is 9.71. The molecule has 1 aliphatic carbocycles. The summed E-state index contributed by atoms with van der Waals surface area (Å²) in [5.41, 5.74) is 9.45. The van der Waals surface area contributed by atoms with Gasteiger partial charge in [-0.25, -0.2) is 14.6 Å². The van der Waals surface area contributed by atoms with Gasteiger partial charge in [0, 0.05) is 24.7 Å². The number of aromatic amines is 1. The number of H-pyrrole nitrogens is 1. The molecule has 13 heteroatoms. The van der Waals surface area contributed by atoms with Crippen LogP contribution in [0, 0.1) is 17.8 Å². The third-order valence-corrected chi connectivity index (χ3v) is 12.9. The van der Waals surface area contributed by atoms with Gasteiger partial charge in [-0.15, -0.1) is 0 Å². The number of aliphatic imine (C=N–C) groups is 1. The number of fused-ring (bicyclic) bond motifs is 3. The van der Waals surface area contributed by atoms with E-state index in [4.69, 9.17) is 19.5 Å². The quantitative estimate of drug-likeness (QED) is 0.139. The van der Waals surface area contributed by atoms with Crippen molar-refractivity contribution in [2.24, 2.45) is 22.7 Å². The Kier molecular flexibility index (Phi) is 11.5. The monoisotopic (exact) mass is 813 g/mol. The first-order chi connectivity index (χ1) is 28.9. The molecule has 3 fully saturated rings. The lowest BCUT2D eigenvalue weighted by molar-refractivity contribution is -0.137. The Bertz CT molecular complexity index is 2280. The van der Waals surface area contributed by atoms with Gasteiger partial charge in [-0.1, -0.05) is 82.3 Å². The third kappa shape index (κ3) is 7.89. The predicted molar refractivity (Wildman–Crippen MR) is 229 cm³/mol. The molecule has 2 saturated heterocycles. The van der Waals surface area contributed by atoms with Gasteiger partial charge in [-0.05, 0) is 95.4 Å². The number of hydrogen-bond acceptors (Lipinski definition) is 8. The summed E-state index contributed by atoms with van der Waals surface area (Å²) in [6, 6.07) is 22.0. The zero-order valence-corrected chi connectivity index (χ0v) is 35.2. The highest BCUT2D eigenvalue weighted by atomic mass is 16.5. The van der Waals surface area contributed by atoms with Gasteiger partial charge in [0.1, 0.15) is 17.9 Å². The molecule has 4 heterocycles. The van der Waals surface area contributed by atoms with E-state index in [-0.39, 0.29) is 41.8 Å². The van der Waals surface area contributed by atoms with Gasteiger partial charge in [0.25, 0.3) is 0 Å². The molecule has 3 N–H and O–H groups in total. The number of hydrogen-bond donors (Lipinski definition) is 3. The lowest BCUT2D eigenvalue weighted by atomic mass is 9.90. The van der Waals surface area contributed by atoms with E-state index < -0.39 is 24.3 Å². The number of rotatable bonds is 11. The van der Waals surface area contributed by atoms with E-state index in [1.54, 1.807) is 0 Å². The van der Waals surface area contributed by atoms with Crippen molar-refractivity contribution in [3.63, 3.8) is 0 Å². The number of ether oxygens (including phenoxy) is 2. The molecule has 314 valence electrons. The average molecular weight is 814 g/mol. The summed E-state index contributed by atoms with van der Waals surface area (Å²) in [5, 5.41) is 5.49. The predicted octanol–water partition coefficient (Wildman–Crippen LogP) is 7.84. The third-order valence-electron chi connectivity index (χ3n) is 12.9. The van der Waals surface area contributed by atoms with E-state index in [2.05, 4.69) is 82.3 Å². The molecule has 0 radical (unpaired) electrons. The second-order valence-corrected chi connectivity index (χ2v) is 17.3. The molecular weight excluding hydrogens is 759 g/mol. The zero-order chi connectivity index (χ0) is 42.2. The topological polar surface area (TPSA) is 158 Å². The number of imidazole rings is 1. The summed E-state index contributed by atoms with van der Waals surface area (Å²) in [6.45, 7) is 8.31. The summed E-state index contributed by atoms with van der Waals surface area (Å²) >= 11 is 0. The Morgan fingerprint density at radius 2 is 1.33 bits per heavy atom. The highest BCUT2D eigenvalue weighted by Gasteiger charge is 2.52. The van der Waals surface area contributed by atoms with Crippen LogP contribution in [0.2, 0.25) is 0 Å². The molecule has 3 aliphatic heterocycles. The van der Waals surface area contributed by atoms with E-state index in [1.165, 1.54) is 14.2 Å². The van der Waals surface area contributed by atoms with Crippen LogP contribution in [0.3, 0.4) is 0 Å². The van der Waals surface area contributed by atoms with Crippen molar-refractivity contribution >= 4 is 35.4 Å². The van der Waals surface area contributed by atoms with Crippen molar-refractivity contribution in [1.82, 2.24) is 30.4 Å². The molecule has 4 aromatic rings. The maximum atomic E-state index is 14.0. The Morgan fingerprint density at radius 3 is 1.95 bits per heavy atom. The van der Waals surface area contributed by atoms with E-state index in [0.29, 0.717) is 18.9 Å². The fourth-order valence-corrected chi connectivity index (χ4v) is 9.71. The summed E-state index contributed by atoms with van der Waals surface area (Å²) in [7, 11) is 2.61. The number of piperidine rings is 1. The maximum absolute atomic E-state index is 14.0. The number of carbonyl (C=O) groups is 4. The molecule has 1 aromatic heterocycles. The van der Waals surface area contributed by atoms with Gasteiger partial charge in [-0.3, -0.25) is 14.6 Å². The molecule has 0 unspecified atom stereocenters. The Morgan fingerprint density at radius 1 is 0.750 bits per heavy atom. The number of carbonyl (C=O) groups excluding carboxylic acids is 4. The van der Waals surface area contributed by atoms with Gasteiger partial charge in [0.15, 0.2) is 0 Å². The van der Waals surface area contributed by atoms with Gasteiger partial charge in [0.05, 0.1) is 43.9 Å². The van der Waals surface area contributed by atoms with Crippen molar-refractivity contribution in [1.29, 1.82) is 0 Å². The van der Waals surface area contributed by atoms with E-state index in [1.807, 2.05) is 43.7 Å². The molecule has 0 spiro atoms. The molecule has 2 bridgehead atoms. The molecular formula is C47H55N7O6. The van der Waals surface area contributed by atoms with E-state index >= 15 is 0 Å². The number of benzene rings is 3. The van der Waals surface area contributed by atoms with Crippen molar-refractivity contribution in [3.05, 3.63) is 84.3 Å². The maximum Gasteiger partial charge on any atom is 0.407 e. The zero-order valence-electron chi connectivity index (χ0n) is 35.2. The molecule has 1 saturated carbocycles. The van der Waals surface area contributed by atoms with E-state index in [9.17, 15) is 19.2 Å². The van der Waals surface area contributed by atoms with Crippen LogP contribution in [-0.2, 0) is 25.5 Å². The van der Waals surface area contributed by atoms with E-state index in [0.717, 1.165) is 88.4 Å². The SMILES string of the molecule is COC(=O)N[C@H](C(=O)N1CCC[C@H]1c1ncc(-c2ccc(-c3ccc(-c4ccc5c(c4)CC([C@@H]4[C@H]6CC[C@H](C6)N4C(=O)[C@@H](NC(=O)OC)C(C)C)=N5)cc3)cc2)[nH]1)C(C)C. The molecule has 60 heavy (non-hydrogen) atoms. The molecule has 6 atom stereocenters. The second-order valence-electron chi connectivity index (χ2n) is 17.3. The molecule has 3 aromatic carbocycles. The highest BCUT2D eigenvalue weighted by molar-refractivity contribution is 6.02. The number of nitrogens with zero attached hydrogens (tertiary/aromatic N) is 4. The van der Waals surface area contributed by atoms with Gasteiger partial charge >= 0.3 is 12.2 Å². The first-order valence-corrected chi connectivity index (χ1v) is 21.2. The number of amides is 4. The minimum atomic E-state index is -0.683. The number of methoxy groups -OCH3 is 2. The first kappa shape index (κ1) is 40.8. The Hall–Kier alpha value is -5.98. The van der Waals surface area contributed by atoms with Crippen LogP contribution in [0.1, 0.15) is 77.2 Å². The second kappa shape index (κ2) is 16.9. The smallest absolute Gasteiger partial charge is 0.407 e. The van der Waals surface area contributed by atoms with Crippen LogP contribution < -0.4 is 10.6 Å². The van der Waals surface area contributed by atoms with Crippen LogP contribution in [0.5, 0.6) is 0 Å². The molecule has 4 aliphatic rings. The average Bonchev–Trinajstić information content (AvgIpc) is 4.12. The normalized spacial score (nSPS) is 21.5. The number of nitrogens with one attached hydrogen (secondary N) is 3. The fraction of sp³-hybridized carbons (Fsp3) is 0.447.